The van der Waals surface area contributed by atoms with Crippen molar-refractivity contribution in [3.63, 3.8) is 0 Å². The van der Waals surface area contributed by atoms with Crippen LogP contribution in [-0.2, 0) is 16.2 Å². The average molecular weight is 1890 g/mol. The molecule has 9 aliphatic rings. The van der Waals surface area contributed by atoms with Crippen molar-refractivity contribution in [3.8, 4) is 153 Å². The van der Waals surface area contributed by atoms with E-state index in [1.807, 2.05) is 54.6 Å². The Bertz CT molecular complexity index is 9790. The van der Waals surface area contributed by atoms with Crippen LogP contribution < -0.4 is 43.1 Å². The zero-order valence-corrected chi connectivity index (χ0v) is 81.2. The van der Waals surface area contributed by atoms with Gasteiger partial charge >= 0.3 is 0 Å². The molecule has 696 valence electrons. The fourth-order valence-electron chi connectivity index (χ4n) is 25.7. The van der Waals surface area contributed by atoms with Gasteiger partial charge in [0.1, 0.15) is 17.1 Å². The second kappa shape index (κ2) is 30.6. The number of anilines is 9. The highest BCUT2D eigenvalue weighted by Crippen LogP contribution is 2.65. The highest BCUT2D eigenvalue weighted by molar-refractivity contribution is 6.24. The van der Waals surface area contributed by atoms with Gasteiger partial charge in [-0.3, -0.25) is 13.7 Å². The van der Waals surface area contributed by atoms with E-state index < -0.39 is 0 Å². The molecule has 0 unspecified atom stereocenters. The summed E-state index contributed by atoms with van der Waals surface area (Å²) in [5, 5.41) is 6.81. The lowest BCUT2D eigenvalue weighted by Crippen LogP contribution is -2.21. The Morgan fingerprint density at radius 3 is 0.864 bits per heavy atom. The van der Waals surface area contributed by atoms with E-state index in [1.54, 1.807) is 0 Å². The molecule has 0 atom stereocenters. The molecule has 0 radical (unpaired) electrons. The number of hydrogen-bond acceptors (Lipinski definition) is 9. The van der Waals surface area contributed by atoms with E-state index in [-0.39, 0.29) is 16.2 Å². The van der Waals surface area contributed by atoms with Crippen molar-refractivity contribution < 1.29 is 28.4 Å². The standard InChI is InChI=1S/3C45H30N2O2/c1-45(2)33-16-7-6-13-30(33)31-14-8-17-35(41(31)45)46(29-23-21-28(22-24-29)27-11-4-3-5-12-27)34-25-26-39-44-40(34)32-15-9-18-36-42(32)47(44)43-37(48-36)19-10-20-38(43)49-39;1-45(2)34-14-7-6-12-31(34)32-23-22-30(26-35(32)45)46(29-20-18-28(19-21-29)27-10-4-3-5-11-27)36-24-25-40-44-41(36)33-13-8-15-37-42(33)47(44)43-38(48-37)16-9-17-39(43)49-40;1-45(2)34-14-7-6-12-31(34)33-26-30(22-23-35(33)45)46(29-20-18-28(19-21-29)27-10-4-3-5-11-27)36-24-25-40-44-41(36)32-13-8-15-37-42(32)47(44)43-38(48-37)16-9-17-39(43)49-40/h3*3-26H,1-2H3. The molecule has 0 fully saturated rings. The van der Waals surface area contributed by atoms with Crippen molar-refractivity contribution in [1.29, 1.82) is 0 Å². The lowest BCUT2D eigenvalue weighted by molar-refractivity contribution is 0.443. The fraction of sp³-hybridized carbons (Fsp3) is 0.0667. The van der Waals surface area contributed by atoms with E-state index in [0.29, 0.717) is 0 Å². The first kappa shape index (κ1) is 82.9. The van der Waals surface area contributed by atoms with Crippen LogP contribution in [0.4, 0.5) is 51.2 Å². The Morgan fingerprint density at radius 1 is 0.177 bits per heavy atom. The van der Waals surface area contributed by atoms with Gasteiger partial charge < -0.3 is 43.1 Å². The van der Waals surface area contributed by atoms with Crippen LogP contribution in [0.5, 0.6) is 69.0 Å². The summed E-state index contributed by atoms with van der Waals surface area (Å²) >= 11 is 0. The summed E-state index contributed by atoms with van der Waals surface area (Å²) < 4.78 is 46.4. The number of aromatic nitrogens is 3. The van der Waals surface area contributed by atoms with Crippen molar-refractivity contribution in [1.82, 2.24) is 13.7 Å². The third kappa shape index (κ3) is 11.8. The molecule has 0 saturated heterocycles. The Balaban J connectivity index is 0.0000000999. The molecule has 3 aliphatic carbocycles. The van der Waals surface area contributed by atoms with Crippen molar-refractivity contribution >= 4 is 117 Å². The normalized spacial score (nSPS) is 14.0. The molecule has 12 heteroatoms. The van der Waals surface area contributed by atoms with Gasteiger partial charge in [-0.2, -0.15) is 0 Å². The van der Waals surface area contributed by atoms with Crippen molar-refractivity contribution in [2.45, 2.75) is 57.8 Å². The van der Waals surface area contributed by atoms with Gasteiger partial charge in [-0.25, -0.2) is 0 Å². The van der Waals surface area contributed by atoms with Crippen LogP contribution in [0.25, 0.3) is 149 Å². The number of nitrogens with zero attached hydrogens (tertiary/aromatic N) is 6. The molecule has 0 bridgehead atoms. The van der Waals surface area contributed by atoms with Gasteiger partial charge in [0, 0.05) is 77.0 Å². The number of benzene rings is 21. The van der Waals surface area contributed by atoms with E-state index in [9.17, 15) is 0 Å². The molecular formula is C135H90N6O6. The topological polar surface area (TPSA) is 79.9 Å². The van der Waals surface area contributed by atoms with Crippen LogP contribution in [-0.4, -0.2) is 13.7 Å². The molecule has 9 heterocycles. The maximum atomic E-state index is 6.63. The van der Waals surface area contributed by atoms with E-state index in [4.69, 9.17) is 28.4 Å². The van der Waals surface area contributed by atoms with Crippen molar-refractivity contribution in [2.24, 2.45) is 0 Å². The Hall–Kier alpha value is -18.8. The van der Waals surface area contributed by atoms with Gasteiger partial charge in [0.05, 0.1) is 55.8 Å². The maximum absolute atomic E-state index is 6.63. The van der Waals surface area contributed by atoms with Crippen LogP contribution >= 0.6 is 0 Å². The molecule has 0 saturated carbocycles. The Labute approximate surface area is 848 Å². The first-order valence-corrected chi connectivity index (χ1v) is 50.6. The van der Waals surface area contributed by atoms with Gasteiger partial charge in [-0.05, 0) is 258 Å². The van der Waals surface area contributed by atoms with E-state index in [0.717, 1.165) is 197 Å². The SMILES string of the molecule is CC1(C)c2ccccc2-c2cc(N(c3ccc(-c4ccccc4)cc3)c3ccc4c5c3c3cccc6c3n5-c3c(cccc3O4)O6)ccc21.CC1(C)c2ccccc2-c2ccc(N(c3ccc(-c4ccccc4)cc3)c3ccc4c5c3c3cccc6c3n5-c3c(cccc3O4)O6)cc21.CC1(C)c2ccccc2-c2cccc(N(c3ccc(-c4ccccc4)cc3)c3ccc4c5c3c3cccc6c3n5-c3c(cccc3O4)O6)c21. The van der Waals surface area contributed by atoms with Gasteiger partial charge in [-0.15, -0.1) is 0 Å². The van der Waals surface area contributed by atoms with Crippen LogP contribution in [0.2, 0.25) is 0 Å². The maximum Gasteiger partial charge on any atom is 0.155 e. The third-order valence-corrected chi connectivity index (χ3v) is 32.2. The minimum absolute atomic E-state index is 0.0694. The van der Waals surface area contributed by atoms with E-state index in [2.05, 4.69) is 452 Å². The second-order valence-electron chi connectivity index (χ2n) is 41.2. The van der Waals surface area contributed by atoms with E-state index in [1.165, 1.54) is 106 Å². The molecule has 33 rings (SSSR count). The molecule has 0 spiro atoms. The summed E-state index contributed by atoms with van der Waals surface area (Å²) in [5.41, 5.74) is 41.9. The summed E-state index contributed by atoms with van der Waals surface area (Å²) in [6.45, 7) is 14.1. The highest BCUT2D eigenvalue weighted by atomic mass is 16.5. The van der Waals surface area contributed by atoms with Crippen molar-refractivity contribution in [3.05, 3.63) is 470 Å². The first-order valence-electron chi connectivity index (χ1n) is 50.6. The largest absolute Gasteiger partial charge is 0.453 e. The number of rotatable bonds is 12. The number of ether oxygens (including phenoxy) is 6. The molecule has 12 nitrogen and oxygen atoms in total. The molecule has 0 N–H and O–H groups in total. The Kier molecular flexibility index (Phi) is 17.3. The summed E-state index contributed by atoms with van der Waals surface area (Å²) in [7, 11) is 0. The van der Waals surface area contributed by atoms with Gasteiger partial charge in [0.2, 0.25) is 0 Å². The lowest BCUT2D eigenvalue weighted by Gasteiger charge is -2.33. The van der Waals surface area contributed by atoms with Gasteiger partial charge in [0.15, 0.2) is 69.0 Å². The minimum Gasteiger partial charge on any atom is -0.453 e. The summed E-state index contributed by atoms with van der Waals surface area (Å²) in [4.78, 5) is 7.31. The predicted octanol–water partition coefficient (Wildman–Crippen LogP) is 37.3. The molecule has 6 aliphatic heterocycles. The molecule has 3 aromatic heterocycles. The number of para-hydroxylation sites is 6. The summed E-state index contributed by atoms with van der Waals surface area (Å²) in [6, 6.07) is 156. The van der Waals surface area contributed by atoms with E-state index >= 15 is 0 Å². The van der Waals surface area contributed by atoms with Crippen LogP contribution in [0.3, 0.4) is 0 Å². The minimum atomic E-state index is -0.204. The predicted molar refractivity (Wildman–Crippen MR) is 596 cm³/mol. The van der Waals surface area contributed by atoms with Crippen LogP contribution in [0, 0.1) is 0 Å². The molecule has 147 heavy (non-hydrogen) atoms. The average Bonchev–Trinajstić information content (AvgIpc) is 1.53. The number of hydrogen-bond donors (Lipinski definition) is 0. The third-order valence-electron chi connectivity index (χ3n) is 32.2. The number of fused-ring (bicyclic) bond motifs is 12. The molecule has 21 aromatic carbocycles. The monoisotopic (exact) mass is 1890 g/mol. The highest BCUT2D eigenvalue weighted by Gasteiger charge is 2.45. The molecule has 0 amide bonds. The summed E-state index contributed by atoms with van der Waals surface area (Å²) in [5.74, 6) is 9.93. The van der Waals surface area contributed by atoms with Gasteiger partial charge in [0.25, 0.3) is 0 Å². The molecule has 24 aromatic rings. The van der Waals surface area contributed by atoms with Crippen molar-refractivity contribution in [2.75, 3.05) is 14.7 Å². The quantitative estimate of drug-likeness (QED) is 0.119. The Morgan fingerprint density at radius 2 is 0.456 bits per heavy atom. The van der Waals surface area contributed by atoms with Crippen LogP contribution in [0.15, 0.2) is 437 Å². The zero-order chi connectivity index (χ0) is 97.3. The zero-order valence-electron chi connectivity index (χ0n) is 81.2. The van der Waals surface area contributed by atoms with Gasteiger partial charge in [-0.1, -0.05) is 321 Å². The smallest absolute Gasteiger partial charge is 0.155 e. The van der Waals surface area contributed by atoms with Crippen LogP contribution in [0.1, 0.15) is 74.9 Å². The fourth-order valence-corrected chi connectivity index (χ4v) is 25.7. The molecular weight excluding hydrogens is 1800 g/mol. The second-order valence-corrected chi connectivity index (χ2v) is 41.2. The summed E-state index contributed by atoms with van der Waals surface area (Å²) in [6.07, 6.45) is 0. The first-order chi connectivity index (χ1) is 72.2. The lowest BCUT2D eigenvalue weighted by atomic mass is 9.81.